The third-order valence-electron chi connectivity index (χ3n) is 5.65. The van der Waals surface area contributed by atoms with Gasteiger partial charge in [0.2, 0.25) is 0 Å². The van der Waals surface area contributed by atoms with Crippen molar-refractivity contribution in [3.8, 4) is 0 Å². The number of para-hydroxylation sites is 2. The number of piperidine rings is 1. The van der Waals surface area contributed by atoms with Crippen LogP contribution in [0.4, 0.5) is 11.5 Å². The van der Waals surface area contributed by atoms with Crippen molar-refractivity contribution >= 4 is 22.4 Å². The maximum absolute atomic E-state index is 10.1. The average Bonchev–Trinajstić information content (AvgIpc) is 2.74. The minimum absolute atomic E-state index is 0.166. The fourth-order valence-corrected chi connectivity index (χ4v) is 3.98. The summed E-state index contributed by atoms with van der Waals surface area (Å²) in [7, 11) is 0. The Morgan fingerprint density at radius 3 is 2.50 bits per heavy atom. The topological polar surface area (TPSA) is 61.3 Å². The molecule has 0 radical (unpaired) electrons. The molecule has 1 fully saturated rings. The zero-order valence-electron chi connectivity index (χ0n) is 16.4. The molecule has 2 N–H and O–H groups in total. The van der Waals surface area contributed by atoms with Crippen LogP contribution >= 0.6 is 0 Å². The summed E-state index contributed by atoms with van der Waals surface area (Å²) in [4.78, 5) is 12.0. The summed E-state index contributed by atoms with van der Waals surface area (Å²) >= 11 is 0. The summed E-state index contributed by atoms with van der Waals surface area (Å²) in [6, 6.07) is 18.3. The molecular weight excluding hydrogens is 348 g/mol. The largest absolute Gasteiger partial charge is 0.393 e. The van der Waals surface area contributed by atoms with Gasteiger partial charge >= 0.3 is 0 Å². The highest BCUT2D eigenvalue weighted by atomic mass is 16.3. The van der Waals surface area contributed by atoms with E-state index in [2.05, 4.69) is 23.2 Å². The van der Waals surface area contributed by atoms with Crippen molar-refractivity contribution in [2.24, 2.45) is 5.92 Å². The van der Waals surface area contributed by atoms with Crippen LogP contribution in [0.2, 0.25) is 0 Å². The quantitative estimate of drug-likeness (QED) is 0.669. The molecule has 5 heteroatoms. The van der Waals surface area contributed by atoms with Gasteiger partial charge < -0.3 is 10.4 Å². The number of benzene rings is 2. The number of aliphatic hydroxyl groups excluding tert-OH is 1. The van der Waals surface area contributed by atoms with Gasteiger partial charge in [-0.2, -0.15) is 0 Å². The van der Waals surface area contributed by atoms with Gasteiger partial charge in [-0.15, -0.1) is 0 Å². The number of hydrogen-bond donors (Lipinski definition) is 2. The molecule has 0 amide bonds. The van der Waals surface area contributed by atoms with Crippen molar-refractivity contribution in [3.05, 3.63) is 60.4 Å². The van der Waals surface area contributed by atoms with Gasteiger partial charge in [0.25, 0.3) is 0 Å². The van der Waals surface area contributed by atoms with Crippen molar-refractivity contribution in [2.75, 3.05) is 18.4 Å². The highest BCUT2D eigenvalue weighted by Gasteiger charge is 2.24. The van der Waals surface area contributed by atoms with Crippen molar-refractivity contribution in [3.63, 3.8) is 0 Å². The number of anilines is 2. The van der Waals surface area contributed by atoms with E-state index in [1.807, 2.05) is 48.5 Å². The molecule has 5 nitrogen and oxygen atoms in total. The van der Waals surface area contributed by atoms with Crippen LogP contribution < -0.4 is 5.32 Å². The Bertz CT molecular complexity index is 907. The first-order chi connectivity index (χ1) is 13.7. The average molecular weight is 377 g/mol. The molecule has 3 aromatic rings. The predicted molar refractivity (Wildman–Crippen MR) is 114 cm³/mol. The van der Waals surface area contributed by atoms with E-state index in [0.29, 0.717) is 5.92 Å². The van der Waals surface area contributed by atoms with Crippen molar-refractivity contribution in [1.82, 2.24) is 14.9 Å². The Balaban J connectivity index is 1.53. The van der Waals surface area contributed by atoms with Crippen molar-refractivity contribution < 1.29 is 5.11 Å². The molecule has 1 atom stereocenters. The third kappa shape index (κ3) is 4.32. The van der Waals surface area contributed by atoms with E-state index >= 15 is 0 Å². The van der Waals surface area contributed by atoms with Gasteiger partial charge in [-0.3, -0.25) is 4.90 Å². The van der Waals surface area contributed by atoms with Crippen LogP contribution in [0.3, 0.4) is 0 Å². The van der Waals surface area contributed by atoms with E-state index in [-0.39, 0.29) is 6.10 Å². The molecule has 0 aliphatic carbocycles. The lowest BCUT2D eigenvalue weighted by molar-refractivity contribution is 0.0543. The molecule has 1 aromatic heterocycles. The zero-order valence-corrected chi connectivity index (χ0v) is 16.4. The maximum Gasteiger partial charge on any atom is 0.145 e. The minimum Gasteiger partial charge on any atom is -0.393 e. The lowest BCUT2D eigenvalue weighted by atomic mass is 9.90. The number of fused-ring (bicyclic) bond motifs is 1. The Labute approximate surface area is 166 Å². The number of likely N-dealkylation sites (tertiary alicyclic amines) is 1. The molecule has 1 aliphatic heterocycles. The van der Waals surface area contributed by atoms with Crippen LogP contribution in [-0.4, -0.2) is 39.2 Å². The molecule has 1 unspecified atom stereocenters. The van der Waals surface area contributed by atoms with E-state index in [0.717, 1.165) is 67.1 Å². The Morgan fingerprint density at radius 2 is 1.75 bits per heavy atom. The second-order valence-electron chi connectivity index (χ2n) is 7.59. The molecule has 28 heavy (non-hydrogen) atoms. The first-order valence-corrected chi connectivity index (χ1v) is 10.2. The summed E-state index contributed by atoms with van der Waals surface area (Å²) < 4.78 is 0. The SMILES string of the molecule is CCC(O)C1CCN(Cc2nc(Nc3ccccc3)c3ccccc3n2)CC1. The Kier molecular flexibility index (Phi) is 5.84. The van der Waals surface area contributed by atoms with E-state index < -0.39 is 0 Å². The highest BCUT2D eigenvalue weighted by molar-refractivity contribution is 5.90. The van der Waals surface area contributed by atoms with Crippen LogP contribution in [0.1, 0.15) is 32.0 Å². The van der Waals surface area contributed by atoms with E-state index in [1.54, 1.807) is 0 Å². The fourth-order valence-electron chi connectivity index (χ4n) is 3.98. The summed E-state index contributed by atoms with van der Waals surface area (Å²) in [5.41, 5.74) is 1.98. The third-order valence-corrected chi connectivity index (χ3v) is 5.65. The van der Waals surface area contributed by atoms with Gasteiger partial charge in [0.1, 0.15) is 11.6 Å². The predicted octanol–water partition coefficient (Wildman–Crippen LogP) is 4.36. The zero-order chi connectivity index (χ0) is 19.3. The van der Waals surface area contributed by atoms with Gasteiger partial charge in [-0.1, -0.05) is 37.3 Å². The van der Waals surface area contributed by atoms with Crippen LogP contribution in [-0.2, 0) is 6.54 Å². The molecule has 0 spiro atoms. The monoisotopic (exact) mass is 376 g/mol. The summed E-state index contributed by atoms with van der Waals surface area (Å²) in [5, 5.41) is 14.6. The molecule has 146 valence electrons. The molecule has 2 heterocycles. The Hall–Kier alpha value is -2.50. The fraction of sp³-hybridized carbons (Fsp3) is 0.391. The molecule has 0 saturated carbocycles. The van der Waals surface area contributed by atoms with E-state index in [9.17, 15) is 5.11 Å². The second-order valence-corrected chi connectivity index (χ2v) is 7.59. The normalized spacial score (nSPS) is 16.9. The number of aromatic nitrogens is 2. The second kappa shape index (κ2) is 8.67. The number of aliphatic hydroxyl groups is 1. The first-order valence-electron chi connectivity index (χ1n) is 10.2. The van der Waals surface area contributed by atoms with Crippen LogP contribution in [0.15, 0.2) is 54.6 Å². The van der Waals surface area contributed by atoms with E-state index in [4.69, 9.17) is 9.97 Å². The van der Waals surface area contributed by atoms with Gasteiger partial charge in [-0.05, 0) is 62.5 Å². The maximum atomic E-state index is 10.1. The molecule has 1 saturated heterocycles. The molecule has 2 aromatic carbocycles. The van der Waals surface area contributed by atoms with Crippen LogP contribution in [0.5, 0.6) is 0 Å². The summed E-state index contributed by atoms with van der Waals surface area (Å²) in [5.74, 6) is 2.11. The van der Waals surface area contributed by atoms with Crippen LogP contribution in [0, 0.1) is 5.92 Å². The molecule has 0 bridgehead atoms. The number of hydrogen-bond acceptors (Lipinski definition) is 5. The van der Waals surface area contributed by atoms with Gasteiger partial charge in [0.15, 0.2) is 0 Å². The minimum atomic E-state index is -0.166. The lowest BCUT2D eigenvalue weighted by Gasteiger charge is -2.33. The van der Waals surface area contributed by atoms with Crippen molar-refractivity contribution in [2.45, 2.75) is 38.8 Å². The van der Waals surface area contributed by atoms with Gasteiger partial charge in [0.05, 0.1) is 18.2 Å². The van der Waals surface area contributed by atoms with Gasteiger partial charge in [-0.25, -0.2) is 9.97 Å². The Morgan fingerprint density at radius 1 is 1.04 bits per heavy atom. The summed E-state index contributed by atoms with van der Waals surface area (Å²) in [6.07, 6.45) is 2.75. The van der Waals surface area contributed by atoms with E-state index in [1.165, 1.54) is 0 Å². The number of nitrogens with one attached hydrogen (secondary N) is 1. The van der Waals surface area contributed by atoms with Gasteiger partial charge in [0, 0.05) is 11.1 Å². The lowest BCUT2D eigenvalue weighted by Crippen LogP contribution is -2.37. The molecular formula is C23H28N4O. The summed E-state index contributed by atoms with van der Waals surface area (Å²) in [6.45, 7) is 4.77. The molecule has 4 rings (SSSR count). The molecule has 1 aliphatic rings. The van der Waals surface area contributed by atoms with Crippen molar-refractivity contribution in [1.29, 1.82) is 0 Å². The highest BCUT2D eigenvalue weighted by Crippen LogP contribution is 2.26. The number of rotatable bonds is 6. The number of nitrogens with zero attached hydrogens (tertiary/aromatic N) is 3. The first kappa shape index (κ1) is 18.8. The van der Waals surface area contributed by atoms with Crippen LogP contribution in [0.25, 0.3) is 10.9 Å². The standard InChI is InChI=1S/C23H28N4O/c1-2-21(28)17-12-14-27(15-13-17)16-22-25-20-11-7-6-10-19(20)23(26-22)24-18-8-4-3-5-9-18/h3-11,17,21,28H,2,12-16H2,1H3,(H,24,25,26). The smallest absolute Gasteiger partial charge is 0.145 e.